The van der Waals surface area contributed by atoms with Crippen molar-refractivity contribution in [2.24, 2.45) is 9.98 Å². The molecule has 2 saturated heterocycles. The number of thioether (sulfide) groups is 2. The lowest BCUT2D eigenvalue weighted by atomic mass is 9.79. The first-order valence-corrected chi connectivity index (χ1v) is 23.1. The Morgan fingerprint density at radius 1 is 0.667 bits per heavy atom. The number of thiocarbonyl (C=S) groups is 2. The van der Waals surface area contributed by atoms with Crippen molar-refractivity contribution in [2.45, 2.75) is 32.5 Å². The smallest absolute Gasteiger partial charge is 0.333 e. The standard InChI is InChI=1S/C39H26N4O6S8/c1-3-42-33(44)31(56-37(42)50)40-23-15-21-26(53-23)28-25(29-30(55-28)27-22(52-29)16-24(54-27)41-32-34(45)43(4-2)38(51)57-32)39(21,35(46)48-17-19-11-7-5-8-12-19)36(47)49-18-20-13-9-6-10-14-20/h5-16H,3-4,17-18H2,1-2H3. The minimum absolute atomic E-state index is 0.0705. The predicted octanol–water partition coefficient (Wildman–Crippen LogP) is 9.81. The number of hydrogen-bond donors (Lipinski definition) is 0. The van der Waals surface area contributed by atoms with E-state index >= 15 is 9.59 Å². The minimum atomic E-state index is -2.01. The number of benzene rings is 2. The summed E-state index contributed by atoms with van der Waals surface area (Å²) in [5.74, 6) is -2.06. The monoisotopic (exact) mass is 902 g/mol. The van der Waals surface area contributed by atoms with E-state index in [0.29, 0.717) is 52.8 Å². The van der Waals surface area contributed by atoms with Crippen LogP contribution >= 0.6 is 93.3 Å². The first-order chi connectivity index (χ1) is 27.6. The van der Waals surface area contributed by atoms with Crippen molar-refractivity contribution in [3.05, 3.63) is 95.1 Å². The molecule has 0 saturated carbocycles. The number of nitrogens with zero attached hydrogens (tertiary/aromatic N) is 4. The molecule has 18 heteroatoms. The molecular formula is C39H26N4O6S8. The molecule has 4 aromatic heterocycles. The summed E-state index contributed by atoms with van der Waals surface area (Å²) in [6.07, 6.45) is 0. The van der Waals surface area contributed by atoms with Gasteiger partial charge in [-0.3, -0.25) is 29.0 Å². The number of fused-ring (bicyclic) bond motifs is 7. The second-order valence-corrected chi connectivity index (χ2v) is 20.1. The van der Waals surface area contributed by atoms with Crippen LogP contribution in [0.15, 0.2) is 82.8 Å². The molecule has 6 aromatic rings. The van der Waals surface area contributed by atoms with Crippen molar-refractivity contribution in [2.75, 3.05) is 13.1 Å². The highest BCUT2D eigenvalue weighted by Crippen LogP contribution is 2.63. The summed E-state index contributed by atoms with van der Waals surface area (Å²) in [5.41, 5.74) is 0.404. The summed E-state index contributed by atoms with van der Waals surface area (Å²) in [4.78, 5) is 70.0. The highest BCUT2D eigenvalue weighted by atomic mass is 32.2. The summed E-state index contributed by atoms with van der Waals surface area (Å²) < 4.78 is 16.5. The van der Waals surface area contributed by atoms with Crippen molar-refractivity contribution < 1.29 is 28.7 Å². The van der Waals surface area contributed by atoms with E-state index in [0.717, 1.165) is 46.6 Å². The maximum Gasteiger partial charge on any atom is 0.333 e. The maximum atomic E-state index is 15.0. The first kappa shape index (κ1) is 38.4. The lowest BCUT2D eigenvalue weighted by Gasteiger charge is -2.26. The topological polar surface area (TPSA) is 118 Å². The van der Waals surface area contributed by atoms with Crippen molar-refractivity contribution in [1.82, 2.24) is 9.80 Å². The van der Waals surface area contributed by atoms with Gasteiger partial charge in [0.15, 0.2) is 10.1 Å². The van der Waals surface area contributed by atoms with Gasteiger partial charge in [0, 0.05) is 28.9 Å². The Morgan fingerprint density at radius 2 is 1.19 bits per heavy atom. The molecule has 10 nitrogen and oxygen atoms in total. The van der Waals surface area contributed by atoms with Crippen LogP contribution in [0.2, 0.25) is 0 Å². The normalized spacial score (nSPS) is 17.5. The number of carbonyl (C=O) groups is 4. The fourth-order valence-corrected chi connectivity index (χ4v) is 14.9. The Bertz CT molecular complexity index is 2710. The first-order valence-electron chi connectivity index (χ1n) is 17.4. The third-order valence-corrected chi connectivity index (χ3v) is 17.1. The van der Waals surface area contributed by atoms with E-state index < -0.39 is 17.4 Å². The molecule has 0 unspecified atom stereocenters. The molecule has 0 spiro atoms. The van der Waals surface area contributed by atoms with Gasteiger partial charge in [-0.2, -0.15) is 0 Å². The van der Waals surface area contributed by atoms with E-state index in [-0.39, 0.29) is 30.1 Å². The van der Waals surface area contributed by atoms with E-state index in [1.54, 1.807) is 6.07 Å². The van der Waals surface area contributed by atoms with Gasteiger partial charge in [-0.05, 0) is 60.6 Å². The molecule has 0 bridgehead atoms. The van der Waals surface area contributed by atoms with Crippen molar-refractivity contribution >= 4 is 165 Å². The van der Waals surface area contributed by atoms with E-state index in [2.05, 4.69) is 0 Å². The third kappa shape index (κ3) is 6.41. The average molecular weight is 903 g/mol. The van der Waals surface area contributed by atoms with Crippen molar-refractivity contribution in [3.8, 4) is 9.75 Å². The highest BCUT2D eigenvalue weighted by Gasteiger charge is 2.61. The van der Waals surface area contributed by atoms with Crippen LogP contribution in [0.5, 0.6) is 0 Å². The van der Waals surface area contributed by atoms with Gasteiger partial charge in [-0.1, -0.05) is 85.1 Å². The molecule has 0 radical (unpaired) electrons. The molecule has 1 aliphatic carbocycles. The van der Waals surface area contributed by atoms with E-state index in [1.807, 2.05) is 80.6 Å². The van der Waals surface area contributed by atoms with Gasteiger partial charge in [-0.15, -0.1) is 45.3 Å². The van der Waals surface area contributed by atoms with Gasteiger partial charge >= 0.3 is 11.9 Å². The van der Waals surface area contributed by atoms with E-state index in [9.17, 15) is 9.59 Å². The lowest BCUT2D eigenvalue weighted by Crippen LogP contribution is -2.45. The van der Waals surface area contributed by atoms with Crippen LogP contribution in [0.4, 0.5) is 10.0 Å². The largest absolute Gasteiger partial charge is 0.459 e. The van der Waals surface area contributed by atoms with Gasteiger partial charge in [0.05, 0.1) is 23.9 Å². The second-order valence-electron chi connectivity index (χ2n) is 12.7. The van der Waals surface area contributed by atoms with E-state index in [4.69, 9.17) is 43.9 Å². The number of ether oxygens (including phenoxy) is 2. The van der Waals surface area contributed by atoms with Gasteiger partial charge in [0.25, 0.3) is 11.8 Å². The molecule has 2 aliphatic heterocycles. The molecule has 2 amide bonds. The average Bonchev–Trinajstić information content (AvgIpc) is 4.07. The summed E-state index contributed by atoms with van der Waals surface area (Å²) >= 11 is 18.8. The van der Waals surface area contributed by atoms with Gasteiger partial charge in [0.1, 0.15) is 31.9 Å². The number of amides is 2. The number of hydrogen-bond acceptors (Lipinski definition) is 16. The molecule has 2 aromatic carbocycles. The fourth-order valence-electron chi connectivity index (χ4n) is 6.76. The molecule has 0 N–H and O–H groups in total. The fraction of sp³-hybridized carbons (Fsp3) is 0.179. The molecule has 3 aliphatic rings. The number of thiophene rings is 4. The Kier molecular flexibility index (Phi) is 10.3. The molecular weight excluding hydrogens is 877 g/mol. The maximum absolute atomic E-state index is 15.0. The quantitative estimate of drug-likeness (QED) is 0.0747. The van der Waals surface area contributed by atoms with Crippen molar-refractivity contribution in [3.63, 3.8) is 0 Å². The number of rotatable bonds is 10. The predicted molar refractivity (Wildman–Crippen MR) is 241 cm³/mol. The third-order valence-electron chi connectivity index (χ3n) is 9.43. The lowest BCUT2D eigenvalue weighted by molar-refractivity contribution is -0.164. The number of aliphatic imine (C=N–C) groups is 2. The summed E-state index contributed by atoms with van der Waals surface area (Å²) in [6.45, 7) is 4.45. The minimum Gasteiger partial charge on any atom is -0.459 e. The van der Waals surface area contributed by atoms with Crippen LogP contribution in [0.3, 0.4) is 0 Å². The van der Waals surface area contributed by atoms with E-state index in [1.165, 1.54) is 66.9 Å². The number of esters is 2. The Balaban J connectivity index is 1.21. The summed E-state index contributed by atoms with van der Waals surface area (Å²) in [6, 6.07) is 22.2. The van der Waals surface area contributed by atoms with Crippen LogP contribution < -0.4 is 0 Å². The molecule has 0 atom stereocenters. The zero-order valence-corrected chi connectivity index (χ0v) is 36.3. The Hall–Kier alpha value is -4.14. The zero-order chi connectivity index (χ0) is 39.6. The Morgan fingerprint density at radius 3 is 1.70 bits per heavy atom. The van der Waals surface area contributed by atoms with Gasteiger partial charge < -0.3 is 9.47 Å². The molecule has 9 rings (SSSR count). The highest BCUT2D eigenvalue weighted by molar-refractivity contribution is 8.35. The summed E-state index contributed by atoms with van der Waals surface area (Å²) in [5, 5.41) is 1.62. The van der Waals surface area contributed by atoms with Crippen LogP contribution in [-0.4, -0.2) is 65.4 Å². The Labute approximate surface area is 360 Å². The molecule has 57 heavy (non-hydrogen) atoms. The van der Waals surface area contributed by atoms with Crippen molar-refractivity contribution in [1.29, 1.82) is 0 Å². The van der Waals surface area contributed by atoms with Gasteiger partial charge in [0.2, 0.25) is 5.41 Å². The number of carbonyl (C=O) groups excluding carboxylic acids is 4. The second kappa shape index (κ2) is 15.2. The van der Waals surface area contributed by atoms with Crippen LogP contribution in [0.25, 0.3) is 28.6 Å². The van der Waals surface area contributed by atoms with Crippen LogP contribution in [-0.2, 0) is 47.3 Å². The van der Waals surface area contributed by atoms with Crippen LogP contribution in [0.1, 0.15) is 36.1 Å². The molecule has 286 valence electrons. The molecule has 2 fully saturated rings. The van der Waals surface area contributed by atoms with Crippen LogP contribution in [0, 0.1) is 0 Å². The van der Waals surface area contributed by atoms with Gasteiger partial charge in [-0.25, -0.2) is 9.98 Å². The SMILES string of the molecule is CCN1C(=O)C(=Nc2cc3c(s2)-c2sc4c(sc5cc(N=C6SC(=S)N(CC)C6=O)sc54)c2C3(C(=O)OCc2ccccc2)C(=O)OCc2ccccc2)SC1=S. The molecule has 6 heterocycles. The summed E-state index contributed by atoms with van der Waals surface area (Å²) in [7, 11) is 0. The zero-order valence-electron chi connectivity index (χ0n) is 29.8.